The number of hydrogen-bond acceptors (Lipinski definition) is 4. The molecular weight excluding hydrogens is 358 g/mol. The van der Waals surface area contributed by atoms with Gasteiger partial charge in [-0.25, -0.2) is 4.79 Å². The van der Waals surface area contributed by atoms with Crippen molar-refractivity contribution in [3.8, 4) is 0 Å². The summed E-state index contributed by atoms with van der Waals surface area (Å²) in [6, 6.07) is 10.1. The van der Waals surface area contributed by atoms with Gasteiger partial charge in [-0.2, -0.15) is 5.10 Å². The molecule has 3 amide bonds. The van der Waals surface area contributed by atoms with Gasteiger partial charge in [-0.15, -0.1) is 0 Å². The van der Waals surface area contributed by atoms with Gasteiger partial charge in [0.15, 0.2) is 5.76 Å². The van der Waals surface area contributed by atoms with Gasteiger partial charge in [0.25, 0.3) is 5.91 Å². The number of amides is 3. The Morgan fingerprint density at radius 1 is 1.21 bits per heavy atom. The van der Waals surface area contributed by atoms with Crippen LogP contribution in [0.4, 0.5) is 16.2 Å². The molecule has 0 saturated carbocycles. The third-order valence-corrected chi connectivity index (χ3v) is 4.15. The lowest BCUT2D eigenvalue weighted by Crippen LogP contribution is -2.33. The maximum absolute atomic E-state index is 12.1. The highest BCUT2D eigenvalue weighted by atomic mass is 16.3. The topological polar surface area (TPSA) is 101 Å². The van der Waals surface area contributed by atoms with Crippen LogP contribution < -0.4 is 16.0 Å². The Hall–Kier alpha value is -3.55. The van der Waals surface area contributed by atoms with Crippen LogP contribution in [0.2, 0.25) is 0 Å². The van der Waals surface area contributed by atoms with E-state index in [9.17, 15) is 9.59 Å². The molecule has 28 heavy (non-hydrogen) atoms. The summed E-state index contributed by atoms with van der Waals surface area (Å²) in [5.41, 5.74) is 2.12. The first kappa shape index (κ1) is 19.2. The standard InChI is InChI=1S/C20H23N5O3/c1-14(13-25-9-4-8-22-25)12-21-20(27)23-16-6-7-17(15(2)11-16)24-19(26)18-5-3-10-28-18/h3-11,14H,12-13H2,1-2H3,(H,24,26)(H2,21,23,27). The van der Waals surface area contributed by atoms with E-state index < -0.39 is 0 Å². The quantitative estimate of drug-likeness (QED) is 0.583. The lowest BCUT2D eigenvalue weighted by Gasteiger charge is -2.14. The SMILES string of the molecule is Cc1cc(NC(=O)NCC(C)Cn2cccn2)ccc1NC(=O)c1ccco1. The van der Waals surface area contributed by atoms with Gasteiger partial charge in [0, 0.05) is 36.9 Å². The van der Waals surface area contributed by atoms with Crippen LogP contribution in [0.15, 0.2) is 59.5 Å². The van der Waals surface area contributed by atoms with E-state index in [0.717, 1.165) is 12.1 Å². The van der Waals surface area contributed by atoms with Gasteiger partial charge in [-0.05, 0) is 54.8 Å². The number of furan rings is 1. The molecule has 146 valence electrons. The first-order valence-electron chi connectivity index (χ1n) is 8.99. The Kier molecular flexibility index (Phi) is 6.11. The minimum Gasteiger partial charge on any atom is -0.459 e. The number of anilines is 2. The van der Waals surface area contributed by atoms with E-state index in [1.54, 1.807) is 36.5 Å². The molecule has 3 rings (SSSR count). The van der Waals surface area contributed by atoms with Crippen molar-refractivity contribution in [3.63, 3.8) is 0 Å². The summed E-state index contributed by atoms with van der Waals surface area (Å²) in [7, 11) is 0. The minimum absolute atomic E-state index is 0.241. The number of benzene rings is 1. The van der Waals surface area contributed by atoms with Gasteiger partial charge in [0.2, 0.25) is 0 Å². The van der Waals surface area contributed by atoms with Crippen LogP contribution in [0.3, 0.4) is 0 Å². The number of carbonyl (C=O) groups excluding carboxylic acids is 2. The molecular formula is C20H23N5O3. The molecule has 3 N–H and O–H groups in total. The molecule has 1 unspecified atom stereocenters. The molecule has 2 aromatic heterocycles. The zero-order valence-corrected chi connectivity index (χ0v) is 15.8. The number of aromatic nitrogens is 2. The Morgan fingerprint density at radius 3 is 2.75 bits per heavy atom. The molecule has 0 saturated heterocycles. The van der Waals surface area contributed by atoms with Crippen LogP contribution in [0, 0.1) is 12.8 Å². The third kappa shape index (κ3) is 5.23. The van der Waals surface area contributed by atoms with E-state index in [1.807, 2.05) is 30.8 Å². The van der Waals surface area contributed by atoms with Gasteiger partial charge in [0.1, 0.15) is 0 Å². The van der Waals surface area contributed by atoms with E-state index in [1.165, 1.54) is 6.26 Å². The minimum atomic E-state index is -0.322. The molecule has 8 heteroatoms. The van der Waals surface area contributed by atoms with E-state index in [2.05, 4.69) is 21.0 Å². The number of hydrogen-bond donors (Lipinski definition) is 3. The summed E-state index contributed by atoms with van der Waals surface area (Å²) in [6.07, 6.45) is 5.07. The van der Waals surface area contributed by atoms with Crippen LogP contribution in [0.5, 0.6) is 0 Å². The first-order valence-corrected chi connectivity index (χ1v) is 8.99. The number of urea groups is 1. The lowest BCUT2D eigenvalue weighted by molar-refractivity contribution is 0.0996. The lowest BCUT2D eigenvalue weighted by atomic mass is 10.1. The zero-order chi connectivity index (χ0) is 19.9. The van der Waals surface area contributed by atoms with Gasteiger partial charge >= 0.3 is 6.03 Å². The third-order valence-electron chi connectivity index (χ3n) is 4.15. The molecule has 0 aliphatic carbocycles. The summed E-state index contributed by atoms with van der Waals surface area (Å²) in [5, 5.41) is 12.6. The van der Waals surface area contributed by atoms with Crippen LogP contribution in [0.25, 0.3) is 0 Å². The summed E-state index contributed by atoms with van der Waals surface area (Å²) in [6.45, 7) is 5.16. The van der Waals surface area contributed by atoms with Crippen molar-refractivity contribution in [2.24, 2.45) is 5.92 Å². The van der Waals surface area contributed by atoms with Gasteiger partial charge < -0.3 is 20.4 Å². The monoisotopic (exact) mass is 381 g/mol. The Balaban J connectivity index is 1.49. The van der Waals surface area contributed by atoms with E-state index in [4.69, 9.17) is 4.42 Å². The number of nitrogens with zero attached hydrogens (tertiary/aromatic N) is 2. The maximum Gasteiger partial charge on any atom is 0.319 e. The van der Waals surface area contributed by atoms with Gasteiger partial charge in [-0.3, -0.25) is 9.48 Å². The molecule has 8 nitrogen and oxygen atoms in total. The van der Waals surface area contributed by atoms with Crippen molar-refractivity contribution in [3.05, 3.63) is 66.4 Å². The van der Waals surface area contributed by atoms with Gasteiger partial charge in [-0.1, -0.05) is 6.92 Å². The summed E-state index contributed by atoms with van der Waals surface area (Å²) in [5.74, 6) is 0.162. The first-order chi connectivity index (χ1) is 13.5. The molecule has 0 spiro atoms. The number of aryl methyl sites for hydroxylation is 1. The Labute approximate surface area is 162 Å². The largest absolute Gasteiger partial charge is 0.459 e. The summed E-state index contributed by atoms with van der Waals surface area (Å²) in [4.78, 5) is 24.2. The summed E-state index contributed by atoms with van der Waals surface area (Å²) < 4.78 is 6.92. The molecule has 0 radical (unpaired) electrons. The average Bonchev–Trinajstić information content (AvgIpc) is 3.36. The molecule has 0 aliphatic heterocycles. The van der Waals surface area contributed by atoms with E-state index in [0.29, 0.717) is 17.9 Å². The van der Waals surface area contributed by atoms with Crippen molar-refractivity contribution in [2.45, 2.75) is 20.4 Å². The van der Waals surface area contributed by atoms with Crippen molar-refractivity contribution >= 4 is 23.3 Å². The fourth-order valence-electron chi connectivity index (χ4n) is 2.71. The highest BCUT2D eigenvalue weighted by molar-refractivity contribution is 6.02. The molecule has 0 bridgehead atoms. The molecule has 0 fully saturated rings. The normalized spacial score (nSPS) is 11.6. The smallest absolute Gasteiger partial charge is 0.319 e. The number of nitrogens with one attached hydrogen (secondary N) is 3. The molecule has 1 atom stereocenters. The molecule has 0 aliphatic rings. The van der Waals surface area contributed by atoms with Crippen molar-refractivity contribution in [1.82, 2.24) is 15.1 Å². The molecule has 3 aromatic rings. The number of carbonyl (C=O) groups is 2. The summed E-state index contributed by atoms with van der Waals surface area (Å²) >= 11 is 0. The Morgan fingerprint density at radius 2 is 2.07 bits per heavy atom. The average molecular weight is 381 g/mol. The molecule has 1 aromatic carbocycles. The van der Waals surface area contributed by atoms with Gasteiger partial charge in [0.05, 0.1) is 6.26 Å². The predicted octanol–water partition coefficient (Wildman–Crippen LogP) is 3.49. The van der Waals surface area contributed by atoms with Crippen LogP contribution in [-0.2, 0) is 6.54 Å². The molecule has 2 heterocycles. The highest BCUT2D eigenvalue weighted by Gasteiger charge is 2.11. The van der Waals surface area contributed by atoms with Crippen molar-refractivity contribution in [2.75, 3.05) is 17.2 Å². The second kappa shape index (κ2) is 8.90. The van der Waals surface area contributed by atoms with Crippen LogP contribution in [0.1, 0.15) is 23.0 Å². The van der Waals surface area contributed by atoms with E-state index >= 15 is 0 Å². The maximum atomic E-state index is 12.1. The predicted molar refractivity (Wildman–Crippen MR) is 106 cm³/mol. The van der Waals surface area contributed by atoms with Crippen molar-refractivity contribution in [1.29, 1.82) is 0 Å². The van der Waals surface area contributed by atoms with Crippen molar-refractivity contribution < 1.29 is 14.0 Å². The Bertz CT molecular complexity index is 919. The van der Waals surface area contributed by atoms with E-state index in [-0.39, 0.29) is 23.6 Å². The zero-order valence-electron chi connectivity index (χ0n) is 15.8. The number of rotatable bonds is 7. The fraction of sp³-hybridized carbons (Fsp3) is 0.250. The second-order valence-electron chi connectivity index (χ2n) is 6.63. The van der Waals surface area contributed by atoms with Crippen LogP contribution in [-0.4, -0.2) is 28.3 Å². The van der Waals surface area contributed by atoms with Crippen LogP contribution >= 0.6 is 0 Å². The fourth-order valence-corrected chi connectivity index (χ4v) is 2.71. The highest BCUT2D eigenvalue weighted by Crippen LogP contribution is 2.20. The second-order valence-corrected chi connectivity index (χ2v) is 6.63.